The van der Waals surface area contributed by atoms with Gasteiger partial charge in [0.25, 0.3) is 0 Å². The van der Waals surface area contributed by atoms with Crippen LogP contribution in [0.15, 0.2) is 0 Å². The summed E-state index contributed by atoms with van der Waals surface area (Å²) in [5, 5.41) is 10.9. The van der Waals surface area contributed by atoms with E-state index < -0.39 is 5.60 Å². The van der Waals surface area contributed by atoms with E-state index in [1.807, 2.05) is 0 Å². The van der Waals surface area contributed by atoms with Gasteiger partial charge in [-0.25, -0.2) is 0 Å². The molecule has 1 nitrogen and oxygen atoms in total. The molecule has 1 fully saturated rings. The fourth-order valence-electron chi connectivity index (χ4n) is 3.85. The average molecular weight is 236 g/mol. The monoisotopic (exact) mass is 236 g/mol. The highest BCUT2D eigenvalue weighted by atomic mass is 16.3. The normalized spacial score (nSPS) is 39.1. The second-order valence-corrected chi connectivity index (χ2v) is 7.91. The zero-order valence-corrected chi connectivity index (χ0v) is 12.5. The van der Waals surface area contributed by atoms with E-state index in [2.05, 4.69) is 54.4 Å². The summed E-state index contributed by atoms with van der Waals surface area (Å²) in [6.07, 6.45) is 7.38. The summed E-state index contributed by atoms with van der Waals surface area (Å²) in [4.78, 5) is 0. The first-order chi connectivity index (χ1) is 7.40. The van der Waals surface area contributed by atoms with E-state index in [0.717, 1.165) is 12.8 Å². The van der Waals surface area contributed by atoms with Crippen molar-refractivity contribution >= 4 is 0 Å². The average Bonchev–Trinajstić information content (AvgIpc) is 2.40. The Balaban J connectivity index is 3.38. The quantitative estimate of drug-likeness (QED) is 0.633. The minimum absolute atomic E-state index is 0.0113. The minimum Gasteiger partial charge on any atom is -0.377 e. The SMILES string of the molecule is C#C[C@]1(O)CCC(C(C)(C)C)[C@]1(C)C(C)(C)C. The van der Waals surface area contributed by atoms with Crippen molar-refractivity contribution in [2.24, 2.45) is 22.2 Å². The first-order valence-corrected chi connectivity index (χ1v) is 6.60. The van der Waals surface area contributed by atoms with Crippen LogP contribution >= 0.6 is 0 Å². The van der Waals surface area contributed by atoms with Gasteiger partial charge >= 0.3 is 0 Å². The van der Waals surface area contributed by atoms with Crippen molar-refractivity contribution in [1.82, 2.24) is 0 Å². The van der Waals surface area contributed by atoms with Crippen molar-refractivity contribution in [2.75, 3.05) is 0 Å². The van der Waals surface area contributed by atoms with E-state index in [9.17, 15) is 5.11 Å². The van der Waals surface area contributed by atoms with Crippen LogP contribution < -0.4 is 0 Å². The fraction of sp³-hybridized carbons (Fsp3) is 0.875. The molecule has 0 bridgehead atoms. The predicted octanol–water partition coefficient (Wildman–Crippen LogP) is 3.86. The van der Waals surface area contributed by atoms with Crippen molar-refractivity contribution in [3.8, 4) is 12.3 Å². The molecule has 0 aliphatic heterocycles. The Morgan fingerprint density at radius 3 is 1.94 bits per heavy atom. The highest BCUT2D eigenvalue weighted by Gasteiger charge is 2.63. The first-order valence-electron chi connectivity index (χ1n) is 6.60. The molecular formula is C16H28O. The Labute approximate surface area is 107 Å². The molecule has 1 heteroatoms. The number of hydrogen-bond acceptors (Lipinski definition) is 1. The highest BCUT2D eigenvalue weighted by Crippen LogP contribution is 2.63. The lowest BCUT2D eigenvalue weighted by Gasteiger charge is -2.53. The van der Waals surface area contributed by atoms with Gasteiger partial charge < -0.3 is 5.11 Å². The van der Waals surface area contributed by atoms with Gasteiger partial charge in [0.1, 0.15) is 5.60 Å². The van der Waals surface area contributed by atoms with Crippen molar-refractivity contribution in [2.45, 2.75) is 66.9 Å². The van der Waals surface area contributed by atoms with Gasteiger partial charge in [-0.3, -0.25) is 0 Å². The molecule has 1 aliphatic carbocycles. The Kier molecular flexibility index (Phi) is 3.22. The lowest BCUT2D eigenvalue weighted by atomic mass is 9.52. The largest absolute Gasteiger partial charge is 0.377 e. The van der Waals surface area contributed by atoms with E-state index in [1.54, 1.807) is 0 Å². The van der Waals surface area contributed by atoms with Crippen LogP contribution in [0.1, 0.15) is 61.3 Å². The molecule has 0 amide bonds. The molecule has 0 aromatic carbocycles. The van der Waals surface area contributed by atoms with Crippen LogP contribution in [-0.4, -0.2) is 10.7 Å². The zero-order valence-electron chi connectivity index (χ0n) is 12.5. The van der Waals surface area contributed by atoms with E-state index in [4.69, 9.17) is 6.42 Å². The molecule has 0 spiro atoms. The Bertz CT molecular complexity index is 336. The maximum Gasteiger partial charge on any atom is 0.131 e. The number of aliphatic hydroxyl groups is 1. The third kappa shape index (κ3) is 1.91. The lowest BCUT2D eigenvalue weighted by molar-refractivity contribution is -0.112. The standard InChI is InChI=1S/C16H28O/c1-9-16(17)11-10-12(13(2,3)4)15(16,8)14(5,6)7/h1,12,17H,10-11H2,2-8H3/t12?,15-,16+/m1/s1. The summed E-state index contributed by atoms with van der Waals surface area (Å²) in [6.45, 7) is 15.5. The highest BCUT2D eigenvalue weighted by molar-refractivity contribution is 5.24. The topological polar surface area (TPSA) is 20.2 Å². The maximum atomic E-state index is 10.9. The zero-order chi connectivity index (χ0) is 13.7. The van der Waals surface area contributed by atoms with E-state index in [0.29, 0.717) is 5.92 Å². The molecule has 17 heavy (non-hydrogen) atoms. The van der Waals surface area contributed by atoms with Crippen LogP contribution in [0.4, 0.5) is 0 Å². The Hall–Kier alpha value is -0.480. The summed E-state index contributed by atoms with van der Waals surface area (Å²) in [7, 11) is 0. The van der Waals surface area contributed by atoms with Crippen LogP contribution in [0.25, 0.3) is 0 Å². The van der Waals surface area contributed by atoms with Gasteiger partial charge in [-0.15, -0.1) is 6.42 Å². The second kappa shape index (κ2) is 3.75. The van der Waals surface area contributed by atoms with Crippen molar-refractivity contribution < 1.29 is 5.11 Å². The van der Waals surface area contributed by atoms with Gasteiger partial charge in [0, 0.05) is 5.41 Å². The van der Waals surface area contributed by atoms with Crippen LogP contribution in [0.2, 0.25) is 0 Å². The minimum atomic E-state index is -0.969. The van der Waals surface area contributed by atoms with Crippen molar-refractivity contribution in [3.63, 3.8) is 0 Å². The van der Waals surface area contributed by atoms with Crippen LogP contribution in [0, 0.1) is 34.5 Å². The molecule has 0 saturated heterocycles. The summed E-state index contributed by atoms with van der Waals surface area (Å²) in [5.41, 5.74) is -1.05. The van der Waals surface area contributed by atoms with Gasteiger partial charge in [0.05, 0.1) is 0 Å². The second-order valence-electron chi connectivity index (χ2n) is 7.91. The molecule has 1 rings (SSSR count). The van der Waals surface area contributed by atoms with E-state index in [1.165, 1.54) is 0 Å². The van der Waals surface area contributed by atoms with Crippen LogP contribution in [-0.2, 0) is 0 Å². The molecule has 1 unspecified atom stereocenters. The van der Waals surface area contributed by atoms with Gasteiger partial charge in [-0.2, -0.15) is 0 Å². The van der Waals surface area contributed by atoms with Gasteiger partial charge in [0.2, 0.25) is 0 Å². The van der Waals surface area contributed by atoms with E-state index in [-0.39, 0.29) is 16.2 Å². The fourth-order valence-corrected chi connectivity index (χ4v) is 3.85. The molecule has 1 aliphatic rings. The van der Waals surface area contributed by atoms with Crippen molar-refractivity contribution in [1.29, 1.82) is 0 Å². The Morgan fingerprint density at radius 2 is 1.65 bits per heavy atom. The molecule has 98 valence electrons. The van der Waals surface area contributed by atoms with Crippen LogP contribution in [0.5, 0.6) is 0 Å². The molecule has 0 aromatic rings. The molecule has 1 N–H and O–H groups in total. The van der Waals surface area contributed by atoms with Gasteiger partial charge in [0.15, 0.2) is 0 Å². The maximum absolute atomic E-state index is 10.9. The summed E-state index contributed by atoms with van der Waals surface area (Å²) in [5.74, 6) is 3.14. The number of terminal acetylenes is 1. The molecule has 1 saturated carbocycles. The summed E-state index contributed by atoms with van der Waals surface area (Å²) >= 11 is 0. The molecule has 0 radical (unpaired) electrons. The summed E-state index contributed by atoms with van der Waals surface area (Å²) in [6, 6.07) is 0. The lowest BCUT2D eigenvalue weighted by Crippen LogP contribution is -2.54. The van der Waals surface area contributed by atoms with Gasteiger partial charge in [-0.05, 0) is 29.6 Å². The molecule has 3 atom stereocenters. The first kappa shape index (κ1) is 14.6. The summed E-state index contributed by atoms with van der Waals surface area (Å²) < 4.78 is 0. The number of rotatable bonds is 0. The Morgan fingerprint density at radius 1 is 1.18 bits per heavy atom. The van der Waals surface area contributed by atoms with Crippen LogP contribution in [0.3, 0.4) is 0 Å². The molecular weight excluding hydrogens is 208 g/mol. The van der Waals surface area contributed by atoms with E-state index >= 15 is 0 Å². The third-order valence-corrected chi connectivity index (χ3v) is 5.19. The van der Waals surface area contributed by atoms with Crippen molar-refractivity contribution in [3.05, 3.63) is 0 Å². The smallest absolute Gasteiger partial charge is 0.131 e. The predicted molar refractivity (Wildman–Crippen MR) is 73.5 cm³/mol. The number of hydrogen-bond donors (Lipinski definition) is 1. The molecule has 0 aromatic heterocycles. The molecule has 0 heterocycles. The third-order valence-electron chi connectivity index (χ3n) is 5.19. The van der Waals surface area contributed by atoms with Gasteiger partial charge in [-0.1, -0.05) is 54.4 Å².